The van der Waals surface area contributed by atoms with E-state index in [4.69, 9.17) is 23.2 Å². The highest BCUT2D eigenvalue weighted by atomic mass is 35.5. The molecule has 1 aromatic rings. The molecule has 1 N–H and O–H groups in total. The Balaban J connectivity index is 2.45. The molecule has 4 heteroatoms. The average Bonchev–Trinajstić information content (AvgIpc) is 2.04. The number of carbonyl (C=O) groups is 1. The maximum Gasteiger partial charge on any atom is 0.314 e. The summed E-state index contributed by atoms with van der Waals surface area (Å²) in [4.78, 5) is 10.4. The fourth-order valence-corrected chi connectivity index (χ4v) is 1.46. The number of hydrogen-bond donors (Lipinski definition) is 1. The van der Waals surface area contributed by atoms with E-state index in [-0.39, 0.29) is 0 Å². The molecule has 1 unspecified atom stereocenters. The van der Waals surface area contributed by atoms with Gasteiger partial charge in [-0.15, -0.1) is 0 Å². The molecule has 0 spiro atoms. The van der Waals surface area contributed by atoms with Crippen LogP contribution in [0.2, 0.25) is 0 Å². The first-order valence-corrected chi connectivity index (χ1v) is 4.64. The van der Waals surface area contributed by atoms with Gasteiger partial charge in [-0.3, -0.25) is 4.79 Å². The van der Waals surface area contributed by atoms with Gasteiger partial charge < -0.3 is 5.32 Å². The molecule has 1 rings (SSSR count). The highest BCUT2D eigenvalue weighted by Crippen LogP contribution is 2.05. The Morgan fingerprint density at radius 3 is 2.54 bits per heavy atom. The fraction of sp³-hybridized carbons (Fsp3) is 0.222. The summed E-state index contributed by atoms with van der Waals surface area (Å²) >= 11 is 10.9. The SMILES string of the molecule is O=C(Cl)NC(Cl)Cc1ccccc1. The molecule has 0 heterocycles. The lowest BCUT2D eigenvalue weighted by atomic mass is 10.1. The first-order chi connectivity index (χ1) is 6.18. The molecule has 0 saturated carbocycles. The first kappa shape index (κ1) is 10.4. The fourth-order valence-electron chi connectivity index (χ4n) is 0.995. The molecule has 1 aromatic carbocycles. The lowest BCUT2D eigenvalue weighted by Gasteiger charge is -2.08. The number of benzene rings is 1. The number of nitrogens with one attached hydrogen (secondary N) is 1. The number of amides is 1. The summed E-state index contributed by atoms with van der Waals surface area (Å²) < 4.78 is 0. The van der Waals surface area contributed by atoms with Crippen LogP contribution in [0.3, 0.4) is 0 Å². The number of hydrogen-bond acceptors (Lipinski definition) is 1. The number of alkyl halides is 1. The molecule has 1 atom stereocenters. The molecule has 2 nitrogen and oxygen atoms in total. The Kier molecular flexibility index (Phi) is 4.06. The second-order valence-electron chi connectivity index (χ2n) is 2.58. The summed E-state index contributed by atoms with van der Waals surface area (Å²) in [7, 11) is 0. The minimum atomic E-state index is -0.629. The highest BCUT2D eigenvalue weighted by Gasteiger charge is 2.06. The van der Waals surface area contributed by atoms with E-state index < -0.39 is 10.9 Å². The van der Waals surface area contributed by atoms with Crippen molar-refractivity contribution >= 4 is 28.6 Å². The van der Waals surface area contributed by atoms with Crippen LogP contribution < -0.4 is 5.32 Å². The second-order valence-corrected chi connectivity index (χ2v) is 3.45. The van der Waals surface area contributed by atoms with E-state index >= 15 is 0 Å². The van der Waals surface area contributed by atoms with E-state index in [1.807, 2.05) is 30.3 Å². The molecule has 1 amide bonds. The third-order valence-electron chi connectivity index (χ3n) is 1.53. The standard InChI is InChI=1S/C9H9Cl2NO/c10-8(12-9(11)13)6-7-4-2-1-3-5-7/h1-5,8H,6H2,(H,12,13). The number of carbonyl (C=O) groups excluding carboxylic acids is 1. The van der Waals surface area contributed by atoms with E-state index in [1.54, 1.807) is 0 Å². The van der Waals surface area contributed by atoms with Crippen LogP contribution in [-0.2, 0) is 6.42 Å². The van der Waals surface area contributed by atoms with E-state index in [1.165, 1.54) is 0 Å². The van der Waals surface area contributed by atoms with Crippen molar-refractivity contribution < 1.29 is 4.79 Å². The Labute approximate surface area is 86.8 Å². The topological polar surface area (TPSA) is 29.1 Å². The minimum absolute atomic E-state index is 0.451. The van der Waals surface area contributed by atoms with Gasteiger partial charge in [0, 0.05) is 6.42 Å². The van der Waals surface area contributed by atoms with Crippen LogP contribution in [0.5, 0.6) is 0 Å². The molecule has 70 valence electrons. The van der Waals surface area contributed by atoms with Crippen molar-refractivity contribution in [1.29, 1.82) is 0 Å². The summed E-state index contributed by atoms with van der Waals surface area (Å²) in [5, 5.41) is 1.75. The van der Waals surface area contributed by atoms with Gasteiger partial charge in [0.25, 0.3) is 0 Å². The lowest BCUT2D eigenvalue weighted by molar-refractivity contribution is 0.259. The smallest absolute Gasteiger partial charge is 0.314 e. The Hall–Kier alpha value is -0.730. The van der Waals surface area contributed by atoms with Gasteiger partial charge in [-0.1, -0.05) is 41.9 Å². The van der Waals surface area contributed by atoms with Crippen LogP contribution in [0.25, 0.3) is 0 Å². The highest BCUT2D eigenvalue weighted by molar-refractivity contribution is 6.63. The molecule has 0 saturated heterocycles. The quantitative estimate of drug-likeness (QED) is 0.471. The van der Waals surface area contributed by atoms with Crippen LogP contribution in [0.15, 0.2) is 30.3 Å². The first-order valence-electron chi connectivity index (χ1n) is 3.82. The van der Waals surface area contributed by atoms with Crippen molar-refractivity contribution in [3.63, 3.8) is 0 Å². The summed E-state index contributed by atoms with van der Waals surface area (Å²) in [6.45, 7) is 0. The van der Waals surface area contributed by atoms with Crippen LogP contribution in [0.4, 0.5) is 4.79 Å². The van der Waals surface area contributed by atoms with Gasteiger partial charge >= 0.3 is 5.37 Å². The summed E-state index contributed by atoms with van der Waals surface area (Å²) in [6.07, 6.45) is 0.570. The number of halogens is 2. The monoisotopic (exact) mass is 217 g/mol. The van der Waals surface area contributed by atoms with Crippen LogP contribution >= 0.6 is 23.2 Å². The van der Waals surface area contributed by atoms with Crippen molar-refractivity contribution in [2.75, 3.05) is 0 Å². The maximum absolute atomic E-state index is 10.4. The molecule has 0 aliphatic rings. The largest absolute Gasteiger partial charge is 0.326 e. The normalized spacial score (nSPS) is 12.2. The average molecular weight is 218 g/mol. The van der Waals surface area contributed by atoms with E-state index in [2.05, 4.69) is 5.32 Å². The van der Waals surface area contributed by atoms with Crippen molar-refractivity contribution in [3.05, 3.63) is 35.9 Å². The zero-order valence-corrected chi connectivity index (χ0v) is 8.35. The van der Waals surface area contributed by atoms with Gasteiger partial charge in [-0.25, -0.2) is 0 Å². The Morgan fingerprint density at radius 2 is 2.00 bits per heavy atom. The second kappa shape index (κ2) is 5.10. The van der Waals surface area contributed by atoms with Gasteiger partial charge in [0.2, 0.25) is 0 Å². The molecule has 0 bridgehead atoms. The third kappa shape index (κ3) is 4.15. The van der Waals surface area contributed by atoms with E-state index in [0.717, 1.165) is 5.56 Å². The van der Waals surface area contributed by atoms with Crippen molar-refractivity contribution in [1.82, 2.24) is 5.32 Å². The summed E-state index contributed by atoms with van der Waals surface area (Å²) in [5.74, 6) is 0. The maximum atomic E-state index is 10.4. The predicted octanol–water partition coefficient (Wildman–Crippen LogP) is 2.74. The molecule has 0 aliphatic heterocycles. The van der Waals surface area contributed by atoms with Crippen molar-refractivity contribution in [2.45, 2.75) is 11.9 Å². The van der Waals surface area contributed by atoms with Gasteiger partial charge in [-0.05, 0) is 17.2 Å². The predicted molar refractivity (Wildman–Crippen MR) is 54.2 cm³/mol. The van der Waals surface area contributed by atoms with Crippen LogP contribution in [-0.4, -0.2) is 10.9 Å². The van der Waals surface area contributed by atoms with Gasteiger partial charge in [-0.2, -0.15) is 0 Å². The van der Waals surface area contributed by atoms with Crippen molar-refractivity contribution in [2.24, 2.45) is 0 Å². The van der Waals surface area contributed by atoms with Crippen molar-refractivity contribution in [3.8, 4) is 0 Å². The van der Waals surface area contributed by atoms with Gasteiger partial charge in [0.1, 0.15) is 5.50 Å². The zero-order chi connectivity index (χ0) is 9.68. The van der Waals surface area contributed by atoms with E-state index in [0.29, 0.717) is 6.42 Å². The molecule has 0 aliphatic carbocycles. The minimum Gasteiger partial charge on any atom is -0.326 e. The molecular formula is C9H9Cl2NO. The van der Waals surface area contributed by atoms with E-state index in [9.17, 15) is 4.79 Å². The molecule has 0 fully saturated rings. The van der Waals surface area contributed by atoms with Crippen LogP contribution in [0.1, 0.15) is 5.56 Å². The molecule has 13 heavy (non-hydrogen) atoms. The molecule has 0 aromatic heterocycles. The Bertz CT molecular complexity index is 276. The van der Waals surface area contributed by atoms with Gasteiger partial charge in [0.05, 0.1) is 0 Å². The lowest BCUT2D eigenvalue weighted by Crippen LogP contribution is -2.27. The summed E-state index contributed by atoms with van der Waals surface area (Å²) in [5.41, 5.74) is 0.611. The van der Waals surface area contributed by atoms with Gasteiger partial charge in [0.15, 0.2) is 0 Å². The summed E-state index contributed by atoms with van der Waals surface area (Å²) in [6, 6.07) is 9.64. The molecular weight excluding hydrogens is 209 g/mol. The Morgan fingerprint density at radius 1 is 1.38 bits per heavy atom. The zero-order valence-electron chi connectivity index (χ0n) is 6.84. The molecule has 0 radical (unpaired) electrons. The van der Waals surface area contributed by atoms with Crippen LogP contribution in [0, 0.1) is 0 Å². The third-order valence-corrected chi connectivity index (χ3v) is 1.90. The number of rotatable bonds is 3.